The van der Waals surface area contributed by atoms with Crippen molar-refractivity contribution in [2.75, 3.05) is 0 Å². The maximum absolute atomic E-state index is 6.02. The molecule has 2 aromatic rings. The molecule has 3 heteroatoms. The molecule has 0 aromatic heterocycles. The van der Waals surface area contributed by atoms with Crippen LogP contribution in [-0.2, 0) is 6.42 Å². The zero-order chi connectivity index (χ0) is 13.7. The third kappa shape index (κ3) is 4.06. The Morgan fingerprint density at radius 2 is 1.95 bits per heavy atom. The maximum atomic E-state index is 6.02. The van der Waals surface area contributed by atoms with Crippen LogP contribution in [0.1, 0.15) is 29.2 Å². The summed E-state index contributed by atoms with van der Waals surface area (Å²) in [5.41, 5.74) is 6.62. The summed E-state index contributed by atoms with van der Waals surface area (Å²) >= 11 is 6.02. The van der Waals surface area contributed by atoms with Gasteiger partial charge in [0.05, 0.1) is 0 Å². The van der Waals surface area contributed by atoms with Gasteiger partial charge in [0.2, 0.25) is 0 Å². The summed E-state index contributed by atoms with van der Waals surface area (Å²) in [6.45, 7) is 2.11. The van der Waals surface area contributed by atoms with Crippen molar-refractivity contribution in [3.8, 4) is 0 Å². The van der Waals surface area contributed by atoms with E-state index in [1.807, 2.05) is 24.3 Å². The normalized spacial score (nSPS) is 12.4. The summed E-state index contributed by atoms with van der Waals surface area (Å²) in [5, 5.41) is 0.744. The number of nitrogens with one attached hydrogen (secondary N) is 1. The van der Waals surface area contributed by atoms with Crippen LogP contribution in [0.5, 0.6) is 0 Å². The lowest BCUT2D eigenvalue weighted by Crippen LogP contribution is -2.28. The Balaban J connectivity index is 2.04. The van der Waals surface area contributed by atoms with E-state index in [4.69, 9.17) is 17.4 Å². The lowest BCUT2D eigenvalue weighted by molar-refractivity contribution is 0.516. The number of hydrazine groups is 1. The molecule has 2 nitrogen and oxygen atoms in total. The third-order valence-electron chi connectivity index (χ3n) is 3.26. The van der Waals surface area contributed by atoms with Gasteiger partial charge in [-0.2, -0.15) is 0 Å². The first-order valence-electron chi connectivity index (χ1n) is 6.46. The van der Waals surface area contributed by atoms with E-state index in [2.05, 4.69) is 36.6 Å². The summed E-state index contributed by atoms with van der Waals surface area (Å²) in [4.78, 5) is 0. The van der Waals surface area contributed by atoms with Gasteiger partial charge in [0, 0.05) is 11.1 Å². The Kier molecular flexibility index (Phi) is 4.97. The second-order valence-corrected chi connectivity index (χ2v) is 5.24. The van der Waals surface area contributed by atoms with Gasteiger partial charge in [-0.25, -0.2) is 0 Å². The van der Waals surface area contributed by atoms with Crippen LogP contribution < -0.4 is 11.3 Å². The average molecular weight is 275 g/mol. The minimum absolute atomic E-state index is 0.124. The highest BCUT2D eigenvalue weighted by Gasteiger charge is 2.10. The summed E-state index contributed by atoms with van der Waals surface area (Å²) in [7, 11) is 0. The fraction of sp³-hybridized carbons (Fsp3) is 0.250. The predicted octanol–water partition coefficient (Wildman–Crippen LogP) is 3.79. The van der Waals surface area contributed by atoms with E-state index in [1.165, 1.54) is 11.1 Å². The molecule has 0 saturated carbocycles. The summed E-state index contributed by atoms with van der Waals surface area (Å²) in [6.07, 6.45) is 1.93. The Morgan fingerprint density at radius 1 is 1.16 bits per heavy atom. The monoisotopic (exact) mass is 274 g/mol. The Hall–Kier alpha value is -1.35. The minimum Gasteiger partial charge on any atom is -0.271 e. The van der Waals surface area contributed by atoms with Crippen molar-refractivity contribution in [3.05, 3.63) is 70.2 Å². The highest BCUT2D eigenvalue weighted by molar-refractivity contribution is 6.30. The van der Waals surface area contributed by atoms with E-state index in [1.54, 1.807) is 0 Å². The van der Waals surface area contributed by atoms with Crippen molar-refractivity contribution in [3.63, 3.8) is 0 Å². The van der Waals surface area contributed by atoms with Crippen LogP contribution >= 0.6 is 11.6 Å². The van der Waals surface area contributed by atoms with E-state index in [-0.39, 0.29) is 6.04 Å². The zero-order valence-corrected chi connectivity index (χ0v) is 11.8. The Morgan fingerprint density at radius 3 is 2.63 bits per heavy atom. The quantitative estimate of drug-likeness (QED) is 0.643. The molecule has 2 aromatic carbocycles. The first-order valence-corrected chi connectivity index (χ1v) is 6.84. The Labute approximate surface area is 119 Å². The van der Waals surface area contributed by atoms with Gasteiger partial charge in [-0.1, -0.05) is 53.6 Å². The largest absolute Gasteiger partial charge is 0.271 e. The molecule has 0 radical (unpaired) electrons. The SMILES string of the molecule is Cc1cccc(CCC(NN)c2cccc(Cl)c2)c1. The molecule has 0 spiro atoms. The van der Waals surface area contributed by atoms with E-state index < -0.39 is 0 Å². The van der Waals surface area contributed by atoms with Gasteiger partial charge in [-0.05, 0) is 43.0 Å². The fourth-order valence-corrected chi connectivity index (χ4v) is 2.45. The van der Waals surface area contributed by atoms with Crippen LogP contribution in [0.2, 0.25) is 5.02 Å². The van der Waals surface area contributed by atoms with Gasteiger partial charge in [0.15, 0.2) is 0 Å². The molecule has 0 heterocycles. The molecular weight excluding hydrogens is 256 g/mol. The van der Waals surface area contributed by atoms with Gasteiger partial charge >= 0.3 is 0 Å². The molecule has 100 valence electrons. The summed E-state index contributed by atoms with van der Waals surface area (Å²) < 4.78 is 0. The van der Waals surface area contributed by atoms with Crippen LogP contribution in [0, 0.1) is 6.92 Å². The summed E-state index contributed by atoms with van der Waals surface area (Å²) in [6, 6.07) is 16.5. The van der Waals surface area contributed by atoms with Crippen molar-refractivity contribution in [1.29, 1.82) is 0 Å². The molecule has 0 aliphatic heterocycles. The Bertz CT molecular complexity index is 540. The molecular formula is C16H19ClN2. The van der Waals surface area contributed by atoms with Gasteiger partial charge in [-0.3, -0.25) is 11.3 Å². The second kappa shape index (κ2) is 6.71. The standard InChI is InChI=1S/C16H19ClN2/c1-12-4-2-5-13(10-12)8-9-16(19-18)14-6-3-7-15(17)11-14/h2-7,10-11,16,19H,8-9,18H2,1H3. The zero-order valence-electron chi connectivity index (χ0n) is 11.1. The van der Waals surface area contributed by atoms with Crippen molar-refractivity contribution >= 4 is 11.6 Å². The lowest BCUT2D eigenvalue weighted by atomic mass is 9.99. The topological polar surface area (TPSA) is 38.0 Å². The van der Waals surface area contributed by atoms with Crippen molar-refractivity contribution < 1.29 is 0 Å². The molecule has 1 unspecified atom stereocenters. The molecule has 2 rings (SSSR count). The van der Waals surface area contributed by atoms with E-state index >= 15 is 0 Å². The number of hydrogen-bond acceptors (Lipinski definition) is 2. The molecule has 0 aliphatic rings. The van der Waals surface area contributed by atoms with E-state index in [0.717, 1.165) is 23.4 Å². The van der Waals surface area contributed by atoms with Crippen LogP contribution in [-0.4, -0.2) is 0 Å². The molecule has 0 saturated heterocycles. The van der Waals surface area contributed by atoms with Crippen LogP contribution in [0.15, 0.2) is 48.5 Å². The van der Waals surface area contributed by atoms with E-state index in [9.17, 15) is 0 Å². The van der Waals surface area contributed by atoms with Gasteiger partial charge in [0.25, 0.3) is 0 Å². The first kappa shape index (κ1) is 14.1. The van der Waals surface area contributed by atoms with Gasteiger partial charge < -0.3 is 0 Å². The van der Waals surface area contributed by atoms with Crippen molar-refractivity contribution in [2.45, 2.75) is 25.8 Å². The van der Waals surface area contributed by atoms with Crippen LogP contribution in [0.25, 0.3) is 0 Å². The number of nitrogens with two attached hydrogens (primary N) is 1. The fourth-order valence-electron chi connectivity index (χ4n) is 2.25. The average Bonchev–Trinajstić information content (AvgIpc) is 2.40. The molecule has 0 fully saturated rings. The van der Waals surface area contributed by atoms with Crippen molar-refractivity contribution in [2.24, 2.45) is 5.84 Å². The third-order valence-corrected chi connectivity index (χ3v) is 3.49. The number of hydrogen-bond donors (Lipinski definition) is 2. The minimum atomic E-state index is 0.124. The van der Waals surface area contributed by atoms with Crippen LogP contribution in [0.3, 0.4) is 0 Å². The molecule has 0 aliphatic carbocycles. The molecule has 19 heavy (non-hydrogen) atoms. The smallest absolute Gasteiger partial charge is 0.0463 e. The first-order chi connectivity index (χ1) is 9.19. The number of halogens is 1. The number of benzene rings is 2. The second-order valence-electron chi connectivity index (χ2n) is 4.80. The van der Waals surface area contributed by atoms with Crippen molar-refractivity contribution in [1.82, 2.24) is 5.43 Å². The highest BCUT2D eigenvalue weighted by Crippen LogP contribution is 2.21. The van der Waals surface area contributed by atoms with Crippen LogP contribution in [0.4, 0.5) is 0 Å². The van der Waals surface area contributed by atoms with Gasteiger partial charge in [0.1, 0.15) is 0 Å². The molecule has 0 bridgehead atoms. The summed E-state index contributed by atoms with van der Waals surface area (Å²) in [5.74, 6) is 5.66. The molecule has 1 atom stereocenters. The predicted molar refractivity (Wildman–Crippen MR) is 81.0 cm³/mol. The molecule has 0 amide bonds. The maximum Gasteiger partial charge on any atom is 0.0463 e. The lowest BCUT2D eigenvalue weighted by Gasteiger charge is -2.16. The number of rotatable bonds is 5. The molecule has 3 N–H and O–H groups in total. The highest BCUT2D eigenvalue weighted by atomic mass is 35.5. The van der Waals surface area contributed by atoms with E-state index in [0.29, 0.717) is 0 Å². The van der Waals surface area contributed by atoms with Gasteiger partial charge in [-0.15, -0.1) is 0 Å². The number of aryl methyl sites for hydroxylation is 2.